The van der Waals surface area contributed by atoms with Gasteiger partial charge in [0, 0.05) is 0 Å². The van der Waals surface area contributed by atoms with Crippen LogP contribution in [0, 0.1) is 5.41 Å². The minimum Gasteiger partial charge on any atom is -0.480 e. The van der Waals surface area contributed by atoms with Gasteiger partial charge in [-0.15, -0.1) is 6.58 Å². The van der Waals surface area contributed by atoms with Crippen molar-refractivity contribution in [3.63, 3.8) is 0 Å². The molecule has 0 radical (unpaired) electrons. The van der Waals surface area contributed by atoms with E-state index >= 15 is 0 Å². The summed E-state index contributed by atoms with van der Waals surface area (Å²) in [6.45, 7) is 7.47. The molecule has 1 amide bonds. The molecule has 0 aliphatic heterocycles. The van der Waals surface area contributed by atoms with E-state index in [2.05, 4.69) is 11.9 Å². The van der Waals surface area contributed by atoms with Crippen LogP contribution in [0.15, 0.2) is 12.7 Å². The summed E-state index contributed by atoms with van der Waals surface area (Å²) in [6.07, 6.45) is 9.72. The van der Waals surface area contributed by atoms with Gasteiger partial charge in [0.2, 0.25) is 0 Å². The molecule has 0 heterocycles. The first kappa shape index (κ1) is 19.5. The number of carbonyl (C=O) groups excluding carboxylic acids is 1. The quantitative estimate of drug-likeness (QED) is 0.464. The van der Waals surface area contributed by atoms with E-state index < -0.39 is 18.1 Å². The molecule has 0 aromatic rings. The van der Waals surface area contributed by atoms with E-state index in [1.54, 1.807) is 0 Å². The maximum atomic E-state index is 12.0. The maximum absolute atomic E-state index is 12.0. The van der Waals surface area contributed by atoms with Gasteiger partial charge in [-0.1, -0.05) is 32.3 Å². The molecular formula is C18H31NO4. The van der Waals surface area contributed by atoms with Crippen molar-refractivity contribution >= 4 is 12.1 Å². The van der Waals surface area contributed by atoms with Crippen LogP contribution in [0.5, 0.6) is 0 Å². The number of carboxylic acids is 1. The fraction of sp³-hybridized carbons (Fsp3) is 0.778. The summed E-state index contributed by atoms with van der Waals surface area (Å²) >= 11 is 0. The van der Waals surface area contributed by atoms with Gasteiger partial charge in [0.15, 0.2) is 0 Å². The Kier molecular flexibility index (Phi) is 8.13. The fourth-order valence-electron chi connectivity index (χ4n) is 3.30. The predicted octanol–water partition coefficient (Wildman–Crippen LogP) is 4.27. The highest BCUT2D eigenvalue weighted by atomic mass is 16.6. The molecule has 1 fully saturated rings. The topological polar surface area (TPSA) is 75.6 Å². The van der Waals surface area contributed by atoms with E-state index in [1.807, 2.05) is 19.9 Å². The fourth-order valence-corrected chi connectivity index (χ4v) is 3.30. The lowest BCUT2D eigenvalue weighted by molar-refractivity contribution is -0.142. The lowest BCUT2D eigenvalue weighted by atomic mass is 9.80. The Labute approximate surface area is 139 Å². The average Bonchev–Trinajstić information content (AvgIpc) is 2.92. The molecule has 0 aromatic carbocycles. The van der Waals surface area contributed by atoms with Crippen LogP contribution < -0.4 is 5.32 Å². The number of hydrogen-bond donors (Lipinski definition) is 2. The monoisotopic (exact) mass is 325 g/mol. The Morgan fingerprint density at radius 2 is 1.96 bits per heavy atom. The maximum Gasteiger partial charge on any atom is 0.408 e. The number of carbonyl (C=O) groups is 2. The first-order chi connectivity index (χ1) is 10.9. The van der Waals surface area contributed by atoms with Crippen LogP contribution in [0.2, 0.25) is 0 Å². The molecule has 0 unspecified atom stereocenters. The van der Waals surface area contributed by atoms with Crippen LogP contribution in [-0.2, 0) is 9.53 Å². The molecule has 5 nitrogen and oxygen atoms in total. The zero-order valence-corrected chi connectivity index (χ0v) is 14.5. The molecular weight excluding hydrogens is 294 g/mol. The Hall–Kier alpha value is -1.52. The summed E-state index contributed by atoms with van der Waals surface area (Å²) < 4.78 is 5.31. The zero-order valence-electron chi connectivity index (χ0n) is 14.5. The second kappa shape index (κ2) is 9.58. The number of nitrogens with one attached hydrogen (secondary N) is 1. The summed E-state index contributed by atoms with van der Waals surface area (Å²) in [5.74, 6) is -0.983. The second-order valence-electron chi connectivity index (χ2n) is 6.92. The summed E-state index contributed by atoms with van der Waals surface area (Å²) in [5.41, 5.74) is -0.376. The summed E-state index contributed by atoms with van der Waals surface area (Å²) in [6, 6.07) is -0.878. The molecule has 5 heteroatoms. The highest BCUT2D eigenvalue weighted by Gasteiger charge is 2.42. The van der Waals surface area contributed by atoms with E-state index in [-0.39, 0.29) is 11.5 Å². The molecule has 2 N–H and O–H groups in total. The Balaban J connectivity index is 2.37. The first-order valence-corrected chi connectivity index (χ1v) is 8.70. The van der Waals surface area contributed by atoms with Gasteiger partial charge in [-0.3, -0.25) is 0 Å². The largest absolute Gasteiger partial charge is 0.480 e. The van der Waals surface area contributed by atoms with Crippen LogP contribution in [0.4, 0.5) is 4.79 Å². The molecule has 0 saturated heterocycles. The Morgan fingerprint density at radius 1 is 1.30 bits per heavy atom. The third-order valence-corrected chi connectivity index (χ3v) is 4.78. The van der Waals surface area contributed by atoms with Crippen LogP contribution in [0.1, 0.15) is 71.6 Å². The summed E-state index contributed by atoms with van der Waals surface area (Å²) in [7, 11) is 0. The van der Waals surface area contributed by atoms with Crippen molar-refractivity contribution in [1.29, 1.82) is 0 Å². The van der Waals surface area contributed by atoms with Gasteiger partial charge in [0.25, 0.3) is 0 Å². The summed E-state index contributed by atoms with van der Waals surface area (Å²) in [4.78, 5) is 23.5. The van der Waals surface area contributed by atoms with Crippen LogP contribution in [-0.4, -0.2) is 29.3 Å². The number of ether oxygens (including phenoxy) is 1. The molecule has 0 aromatic heterocycles. The standard InChI is InChI=1S/C18H31NO4/c1-4-5-6-7-8-11-14(2)23-17(22)19-15(16(20)21)18(3)12-9-10-13-18/h4,14-15H,1,5-13H2,2-3H3,(H,19,22)(H,20,21)/t14-,15+/m0/s1. The smallest absolute Gasteiger partial charge is 0.408 e. The van der Waals surface area contributed by atoms with Gasteiger partial charge in [-0.2, -0.15) is 0 Å². The molecule has 1 saturated carbocycles. The molecule has 1 aliphatic rings. The molecule has 0 bridgehead atoms. The molecule has 2 atom stereocenters. The predicted molar refractivity (Wildman–Crippen MR) is 90.4 cm³/mol. The number of amides is 1. The second-order valence-corrected chi connectivity index (χ2v) is 6.92. The molecule has 132 valence electrons. The highest BCUT2D eigenvalue weighted by Crippen LogP contribution is 2.40. The normalized spacial score (nSPS) is 18.9. The number of aliphatic carboxylic acids is 1. The average molecular weight is 325 g/mol. The summed E-state index contributed by atoms with van der Waals surface area (Å²) in [5, 5.41) is 12.0. The van der Waals surface area contributed by atoms with Gasteiger partial charge >= 0.3 is 12.1 Å². The minimum absolute atomic E-state index is 0.204. The molecule has 23 heavy (non-hydrogen) atoms. The van der Waals surface area contributed by atoms with Gasteiger partial charge in [0.05, 0.1) is 0 Å². The van der Waals surface area contributed by atoms with E-state index in [0.717, 1.165) is 57.8 Å². The Morgan fingerprint density at radius 3 is 2.52 bits per heavy atom. The van der Waals surface area contributed by atoms with Crippen molar-refractivity contribution in [3.8, 4) is 0 Å². The number of allylic oxidation sites excluding steroid dienone is 1. The lowest BCUT2D eigenvalue weighted by Crippen LogP contribution is -2.51. The van der Waals surface area contributed by atoms with Gasteiger partial charge in [-0.25, -0.2) is 9.59 Å². The van der Waals surface area contributed by atoms with Crippen molar-refractivity contribution in [2.24, 2.45) is 5.41 Å². The zero-order chi connectivity index (χ0) is 17.3. The van der Waals surface area contributed by atoms with Crippen molar-refractivity contribution in [2.45, 2.75) is 83.8 Å². The lowest BCUT2D eigenvalue weighted by Gasteiger charge is -2.31. The number of unbranched alkanes of at least 4 members (excludes halogenated alkanes) is 3. The minimum atomic E-state index is -0.983. The SMILES string of the molecule is C=CCCCCC[C@H](C)OC(=O)N[C@H](C(=O)O)C1(C)CCCC1. The Bertz CT molecular complexity index is 402. The van der Waals surface area contributed by atoms with Crippen molar-refractivity contribution in [1.82, 2.24) is 5.32 Å². The first-order valence-electron chi connectivity index (χ1n) is 8.70. The van der Waals surface area contributed by atoms with Gasteiger partial charge in [0.1, 0.15) is 12.1 Å². The van der Waals surface area contributed by atoms with Crippen molar-refractivity contribution in [2.75, 3.05) is 0 Å². The van der Waals surface area contributed by atoms with E-state index in [4.69, 9.17) is 4.74 Å². The molecule has 1 rings (SSSR count). The number of carboxylic acid groups (broad SMARTS) is 1. The van der Waals surface area contributed by atoms with Crippen molar-refractivity contribution < 1.29 is 19.4 Å². The number of rotatable bonds is 10. The van der Waals surface area contributed by atoms with E-state index in [0.29, 0.717) is 0 Å². The molecule has 0 spiro atoms. The van der Waals surface area contributed by atoms with Crippen LogP contribution >= 0.6 is 0 Å². The van der Waals surface area contributed by atoms with E-state index in [9.17, 15) is 14.7 Å². The van der Waals surface area contributed by atoms with Gasteiger partial charge in [-0.05, 0) is 50.9 Å². The third kappa shape index (κ3) is 6.63. The van der Waals surface area contributed by atoms with Crippen LogP contribution in [0.25, 0.3) is 0 Å². The molecule has 1 aliphatic carbocycles. The third-order valence-electron chi connectivity index (χ3n) is 4.78. The van der Waals surface area contributed by atoms with Crippen molar-refractivity contribution in [3.05, 3.63) is 12.7 Å². The van der Waals surface area contributed by atoms with Gasteiger partial charge < -0.3 is 15.2 Å². The number of alkyl carbamates (subject to hydrolysis) is 1. The highest BCUT2D eigenvalue weighted by molar-refractivity contribution is 5.80. The van der Waals surface area contributed by atoms with E-state index in [1.165, 1.54) is 0 Å². The number of hydrogen-bond acceptors (Lipinski definition) is 3. The van der Waals surface area contributed by atoms with Crippen LogP contribution in [0.3, 0.4) is 0 Å².